The van der Waals surface area contributed by atoms with E-state index < -0.39 is 10.0 Å². The molecule has 0 saturated carbocycles. The quantitative estimate of drug-likeness (QED) is 0.833. The van der Waals surface area contributed by atoms with Crippen LogP contribution in [0.1, 0.15) is 45.7 Å². The maximum absolute atomic E-state index is 12.9. The molecule has 0 unspecified atom stereocenters. The Morgan fingerprint density at radius 3 is 2.38 bits per heavy atom. The number of nitrogens with one attached hydrogen (secondary N) is 1. The fraction of sp³-hybridized carbons (Fsp3) is 0.474. The lowest BCUT2D eigenvalue weighted by atomic mass is 9.87. The highest BCUT2D eigenvalue weighted by Crippen LogP contribution is 2.29. The van der Waals surface area contributed by atoms with Crippen LogP contribution < -0.4 is 0 Å². The molecule has 0 atom stereocenters. The second-order valence-corrected chi connectivity index (χ2v) is 9.00. The minimum atomic E-state index is -3.58. The van der Waals surface area contributed by atoms with Crippen molar-refractivity contribution < 1.29 is 13.2 Å². The van der Waals surface area contributed by atoms with Gasteiger partial charge in [-0.15, -0.1) is 0 Å². The molecule has 0 aliphatic carbocycles. The van der Waals surface area contributed by atoms with Gasteiger partial charge in [0.2, 0.25) is 10.0 Å². The van der Waals surface area contributed by atoms with Crippen LogP contribution in [0.5, 0.6) is 0 Å². The second kappa shape index (κ2) is 6.96. The fourth-order valence-corrected chi connectivity index (χ4v) is 5.43. The van der Waals surface area contributed by atoms with Crippen LogP contribution in [0.15, 0.2) is 23.1 Å². The summed E-state index contributed by atoms with van der Waals surface area (Å²) in [4.78, 5) is 13.1. The molecule has 2 heterocycles. The number of aryl methyl sites for hydroxylation is 4. The largest absolute Gasteiger partial charge is 0.294 e. The maximum atomic E-state index is 12.9. The number of benzene rings is 1. The average Bonchev–Trinajstić information content (AvgIpc) is 2.95. The summed E-state index contributed by atoms with van der Waals surface area (Å²) < 4.78 is 27.3. The van der Waals surface area contributed by atoms with Crippen molar-refractivity contribution in [3.05, 3.63) is 46.3 Å². The highest BCUT2D eigenvalue weighted by atomic mass is 32.2. The summed E-state index contributed by atoms with van der Waals surface area (Å²) in [5.74, 6) is -0.00702. The third-order valence-corrected chi connectivity index (χ3v) is 7.30. The molecule has 26 heavy (non-hydrogen) atoms. The summed E-state index contributed by atoms with van der Waals surface area (Å²) in [7, 11) is -3.58. The van der Waals surface area contributed by atoms with Crippen LogP contribution in [0.25, 0.3) is 0 Å². The summed E-state index contributed by atoms with van der Waals surface area (Å²) in [6, 6.07) is 5.89. The smallest absolute Gasteiger partial charge is 0.246 e. The van der Waals surface area contributed by atoms with E-state index in [0.717, 1.165) is 16.7 Å². The number of Topliss-reactive ketones (excluding diaryl/α,β-unsaturated/α-hetero) is 1. The van der Waals surface area contributed by atoms with E-state index in [-0.39, 0.29) is 16.6 Å². The number of hydrogen-bond acceptors (Lipinski definition) is 4. The van der Waals surface area contributed by atoms with E-state index in [0.29, 0.717) is 37.3 Å². The Labute approximate surface area is 154 Å². The van der Waals surface area contributed by atoms with Gasteiger partial charge in [0, 0.05) is 24.6 Å². The van der Waals surface area contributed by atoms with Gasteiger partial charge >= 0.3 is 0 Å². The first-order valence-corrected chi connectivity index (χ1v) is 10.3. The highest BCUT2D eigenvalue weighted by molar-refractivity contribution is 7.89. The molecule has 1 aromatic carbocycles. The van der Waals surface area contributed by atoms with Gasteiger partial charge in [-0.2, -0.15) is 9.40 Å². The first-order chi connectivity index (χ1) is 12.2. The third-order valence-electron chi connectivity index (χ3n) is 5.14. The Morgan fingerprint density at radius 1 is 1.15 bits per heavy atom. The number of aromatic nitrogens is 2. The molecule has 0 bridgehead atoms. The van der Waals surface area contributed by atoms with Gasteiger partial charge < -0.3 is 0 Å². The normalized spacial score (nSPS) is 16.8. The minimum absolute atomic E-state index is 0.124. The summed E-state index contributed by atoms with van der Waals surface area (Å²) >= 11 is 0. The van der Waals surface area contributed by atoms with Crippen molar-refractivity contribution >= 4 is 15.8 Å². The van der Waals surface area contributed by atoms with E-state index in [9.17, 15) is 13.2 Å². The molecule has 6 nitrogen and oxygen atoms in total. The molecule has 1 aliphatic heterocycles. The summed E-state index contributed by atoms with van der Waals surface area (Å²) in [6.45, 7) is 8.02. The zero-order valence-corrected chi connectivity index (χ0v) is 16.5. The molecule has 3 rings (SSSR count). The van der Waals surface area contributed by atoms with Gasteiger partial charge in [0.25, 0.3) is 0 Å². The lowest BCUT2D eigenvalue weighted by Gasteiger charge is -2.30. The predicted molar refractivity (Wildman–Crippen MR) is 99.8 cm³/mol. The highest BCUT2D eigenvalue weighted by Gasteiger charge is 2.35. The predicted octanol–water partition coefficient (Wildman–Crippen LogP) is 2.93. The van der Waals surface area contributed by atoms with E-state index in [1.807, 2.05) is 32.0 Å². The lowest BCUT2D eigenvalue weighted by Crippen LogP contribution is -2.40. The lowest BCUT2D eigenvalue weighted by molar-refractivity contribution is 0.0874. The van der Waals surface area contributed by atoms with E-state index >= 15 is 0 Å². The van der Waals surface area contributed by atoms with Crippen LogP contribution in [0.2, 0.25) is 0 Å². The van der Waals surface area contributed by atoms with Crippen molar-refractivity contribution in [3.8, 4) is 0 Å². The van der Waals surface area contributed by atoms with Crippen molar-refractivity contribution in [2.45, 2.75) is 45.4 Å². The Hall–Kier alpha value is -1.99. The zero-order valence-electron chi connectivity index (χ0n) is 15.7. The van der Waals surface area contributed by atoms with Gasteiger partial charge in [-0.25, -0.2) is 8.42 Å². The molecule has 1 saturated heterocycles. The number of piperidine rings is 1. The Balaban J connectivity index is 1.75. The van der Waals surface area contributed by atoms with Crippen LogP contribution in [-0.2, 0) is 10.0 Å². The number of rotatable bonds is 4. The molecule has 2 aromatic rings. The van der Waals surface area contributed by atoms with Gasteiger partial charge in [-0.05, 0) is 52.2 Å². The minimum Gasteiger partial charge on any atom is -0.294 e. The maximum Gasteiger partial charge on any atom is 0.246 e. The molecule has 1 aliphatic rings. The SMILES string of the molecule is Cc1ccc(C)c(C(=O)C2CCN(S(=O)(=O)c3c(C)n[nH]c3C)CC2)c1. The van der Waals surface area contributed by atoms with Crippen molar-refractivity contribution in [3.63, 3.8) is 0 Å². The summed E-state index contributed by atoms with van der Waals surface area (Å²) in [5, 5.41) is 6.73. The van der Waals surface area contributed by atoms with Crippen LogP contribution in [0.4, 0.5) is 0 Å². The molecule has 0 amide bonds. The molecule has 1 aromatic heterocycles. The number of carbonyl (C=O) groups is 1. The van der Waals surface area contributed by atoms with E-state index in [1.54, 1.807) is 13.8 Å². The summed E-state index contributed by atoms with van der Waals surface area (Å²) in [5.41, 5.74) is 3.82. The van der Waals surface area contributed by atoms with Crippen molar-refractivity contribution in [1.82, 2.24) is 14.5 Å². The fourth-order valence-electron chi connectivity index (χ4n) is 3.63. The zero-order chi connectivity index (χ0) is 19.1. The standard InChI is InChI=1S/C19H25N3O3S/c1-12-5-6-13(2)17(11-12)18(23)16-7-9-22(10-8-16)26(24,25)19-14(3)20-21-15(19)4/h5-6,11,16H,7-10H2,1-4H3,(H,20,21). The molecule has 0 spiro atoms. The van der Waals surface area contributed by atoms with Gasteiger partial charge in [0.15, 0.2) is 5.78 Å². The Bertz CT molecular complexity index is 919. The number of ketones is 1. The van der Waals surface area contributed by atoms with Crippen LogP contribution >= 0.6 is 0 Å². The number of carbonyl (C=O) groups excluding carboxylic acids is 1. The number of H-pyrrole nitrogens is 1. The van der Waals surface area contributed by atoms with E-state index in [1.165, 1.54) is 4.31 Å². The Kier molecular flexibility index (Phi) is 5.03. The summed E-state index contributed by atoms with van der Waals surface area (Å²) in [6.07, 6.45) is 1.09. The average molecular weight is 375 g/mol. The van der Waals surface area contributed by atoms with Gasteiger partial charge in [-0.3, -0.25) is 9.89 Å². The molecule has 7 heteroatoms. The Morgan fingerprint density at radius 2 is 1.81 bits per heavy atom. The van der Waals surface area contributed by atoms with Crippen LogP contribution in [0.3, 0.4) is 0 Å². The second-order valence-electron chi connectivity index (χ2n) is 7.12. The molecule has 1 N–H and O–H groups in total. The monoisotopic (exact) mass is 375 g/mol. The number of hydrogen-bond donors (Lipinski definition) is 1. The first-order valence-electron chi connectivity index (χ1n) is 8.85. The third kappa shape index (κ3) is 3.33. The van der Waals surface area contributed by atoms with Gasteiger partial charge in [-0.1, -0.05) is 17.7 Å². The van der Waals surface area contributed by atoms with Gasteiger partial charge in [0.05, 0.1) is 11.4 Å². The van der Waals surface area contributed by atoms with Crippen LogP contribution in [-0.4, -0.2) is 41.8 Å². The van der Waals surface area contributed by atoms with E-state index in [2.05, 4.69) is 10.2 Å². The molecular weight excluding hydrogens is 350 g/mol. The van der Waals surface area contributed by atoms with Crippen molar-refractivity contribution in [2.75, 3.05) is 13.1 Å². The molecule has 1 fully saturated rings. The number of sulfonamides is 1. The first kappa shape index (κ1) is 18.8. The molecule has 140 valence electrons. The van der Waals surface area contributed by atoms with Crippen molar-refractivity contribution in [1.29, 1.82) is 0 Å². The van der Waals surface area contributed by atoms with E-state index in [4.69, 9.17) is 0 Å². The number of nitrogens with zero attached hydrogens (tertiary/aromatic N) is 2. The van der Waals surface area contributed by atoms with Gasteiger partial charge in [0.1, 0.15) is 4.90 Å². The van der Waals surface area contributed by atoms with Crippen LogP contribution in [0, 0.1) is 33.6 Å². The topological polar surface area (TPSA) is 83.1 Å². The molecular formula is C19H25N3O3S. The van der Waals surface area contributed by atoms with Crippen molar-refractivity contribution in [2.24, 2.45) is 5.92 Å². The molecule has 0 radical (unpaired) electrons. The number of aromatic amines is 1.